The van der Waals surface area contributed by atoms with Crippen LogP contribution in [0.25, 0.3) is 0 Å². The van der Waals surface area contributed by atoms with Crippen LogP contribution in [0.5, 0.6) is 0 Å². The van der Waals surface area contributed by atoms with Crippen LogP contribution in [-0.2, 0) is 25.6 Å². The molecule has 0 amide bonds. The molecule has 1 aliphatic carbocycles. The summed E-state index contributed by atoms with van der Waals surface area (Å²) >= 11 is 0. The maximum absolute atomic E-state index is 12.7. The fourth-order valence-corrected chi connectivity index (χ4v) is 4.30. The van der Waals surface area contributed by atoms with Crippen molar-refractivity contribution in [3.8, 4) is 6.07 Å². The van der Waals surface area contributed by atoms with Crippen LogP contribution in [0.3, 0.4) is 0 Å². The molecule has 0 spiro atoms. The average Bonchev–Trinajstić information content (AvgIpc) is 2.74. The molecular weight excluding hydrogens is 380 g/mol. The number of nitrogens with zero attached hydrogens (tertiary/aromatic N) is 1. The summed E-state index contributed by atoms with van der Waals surface area (Å²) in [5, 5.41) is 9.77. The molecule has 1 saturated carbocycles. The lowest BCUT2D eigenvalue weighted by Gasteiger charge is -2.28. The van der Waals surface area contributed by atoms with Gasteiger partial charge < -0.3 is 19.9 Å². The number of benzene rings is 1. The summed E-state index contributed by atoms with van der Waals surface area (Å²) in [4.78, 5) is 12.7. The van der Waals surface area contributed by atoms with Gasteiger partial charge in [-0.25, -0.2) is 4.79 Å². The molecule has 2 aliphatic rings. The van der Waals surface area contributed by atoms with Gasteiger partial charge in [-0.1, -0.05) is 43.5 Å². The monoisotopic (exact) mass is 410 g/mol. The maximum Gasteiger partial charge on any atom is 0.338 e. The fourth-order valence-electron chi connectivity index (χ4n) is 4.30. The van der Waals surface area contributed by atoms with Crippen LogP contribution in [0.1, 0.15) is 63.0 Å². The number of nitrogens with two attached hydrogens (primary N) is 1. The third-order valence-corrected chi connectivity index (χ3v) is 5.80. The average molecular weight is 411 g/mol. The molecule has 6 nitrogen and oxygen atoms in total. The molecule has 0 bridgehead atoms. The van der Waals surface area contributed by atoms with Crippen LogP contribution in [0.2, 0.25) is 0 Å². The van der Waals surface area contributed by atoms with Gasteiger partial charge in [0.05, 0.1) is 24.7 Å². The lowest BCUT2D eigenvalue weighted by atomic mass is 9.81. The van der Waals surface area contributed by atoms with Gasteiger partial charge in [0.2, 0.25) is 5.88 Å². The van der Waals surface area contributed by atoms with E-state index in [4.69, 9.17) is 19.9 Å². The zero-order valence-corrected chi connectivity index (χ0v) is 17.8. The first-order chi connectivity index (χ1) is 14.6. The van der Waals surface area contributed by atoms with E-state index >= 15 is 0 Å². The third-order valence-electron chi connectivity index (χ3n) is 5.80. The standard InChI is InChI=1S/C24H30N2O4/c1-3-29-24(27)21-16(2)30-23(26)20(13-25)22(21)19-12-8-7-11-18(19)15-28-14-17-9-5-4-6-10-17/h7-8,11-12,17,22H,3-6,9-10,14-15,26H2,1-2H3. The Morgan fingerprint density at radius 1 is 1.27 bits per heavy atom. The van der Waals surface area contributed by atoms with Gasteiger partial charge in [-0.3, -0.25) is 0 Å². The quantitative estimate of drug-likeness (QED) is 0.668. The van der Waals surface area contributed by atoms with E-state index in [1.165, 1.54) is 32.1 Å². The molecular formula is C24H30N2O4. The molecule has 0 saturated heterocycles. The molecule has 2 N–H and O–H groups in total. The molecule has 1 aliphatic heterocycles. The van der Waals surface area contributed by atoms with Gasteiger partial charge in [0.1, 0.15) is 17.4 Å². The van der Waals surface area contributed by atoms with Crippen molar-refractivity contribution >= 4 is 5.97 Å². The van der Waals surface area contributed by atoms with Crippen LogP contribution >= 0.6 is 0 Å². The van der Waals surface area contributed by atoms with Crippen molar-refractivity contribution < 1.29 is 19.0 Å². The second kappa shape index (κ2) is 10.3. The van der Waals surface area contributed by atoms with Crippen molar-refractivity contribution in [3.63, 3.8) is 0 Å². The molecule has 30 heavy (non-hydrogen) atoms. The van der Waals surface area contributed by atoms with E-state index in [0.717, 1.165) is 17.7 Å². The molecule has 1 atom stereocenters. The first-order valence-corrected chi connectivity index (χ1v) is 10.7. The van der Waals surface area contributed by atoms with Crippen molar-refractivity contribution in [1.29, 1.82) is 5.26 Å². The van der Waals surface area contributed by atoms with Crippen LogP contribution < -0.4 is 5.73 Å². The van der Waals surface area contributed by atoms with Gasteiger partial charge in [-0.2, -0.15) is 5.26 Å². The van der Waals surface area contributed by atoms with Crippen molar-refractivity contribution in [2.24, 2.45) is 11.7 Å². The molecule has 1 aromatic carbocycles. The van der Waals surface area contributed by atoms with Gasteiger partial charge >= 0.3 is 5.97 Å². The second-order valence-corrected chi connectivity index (χ2v) is 7.83. The van der Waals surface area contributed by atoms with Crippen LogP contribution in [0.15, 0.2) is 47.1 Å². The first kappa shape index (κ1) is 21.9. The minimum absolute atomic E-state index is 0.0194. The summed E-state index contributed by atoms with van der Waals surface area (Å²) in [6.45, 7) is 4.79. The van der Waals surface area contributed by atoms with Crippen molar-refractivity contribution in [3.05, 3.63) is 58.2 Å². The maximum atomic E-state index is 12.7. The summed E-state index contributed by atoms with van der Waals surface area (Å²) in [6.07, 6.45) is 6.30. The van der Waals surface area contributed by atoms with Crippen LogP contribution in [-0.4, -0.2) is 19.2 Å². The van der Waals surface area contributed by atoms with Gasteiger partial charge in [0.15, 0.2) is 0 Å². The highest BCUT2D eigenvalue weighted by molar-refractivity contribution is 5.92. The summed E-state index contributed by atoms with van der Waals surface area (Å²) in [6, 6.07) is 9.83. The highest BCUT2D eigenvalue weighted by atomic mass is 16.5. The Morgan fingerprint density at radius 3 is 2.70 bits per heavy atom. The summed E-state index contributed by atoms with van der Waals surface area (Å²) in [7, 11) is 0. The Balaban J connectivity index is 1.89. The summed E-state index contributed by atoms with van der Waals surface area (Å²) in [5.41, 5.74) is 8.27. The smallest absolute Gasteiger partial charge is 0.338 e. The van der Waals surface area contributed by atoms with Gasteiger partial charge in [0, 0.05) is 6.61 Å². The lowest BCUT2D eigenvalue weighted by Crippen LogP contribution is -2.26. The lowest BCUT2D eigenvalue weighted by molar-refractivity contribution is -0.139. The molecule has 1 unspecified atom stereocenters. The number of ether oxygens (including phenoxy) is 3. The third kappa shape index (κ3) is 4.85. The minimum atomic E-state index is -0.641. The van der Waals surface area contributed by atoms with E-state index < -0.39 is 11.9 Å². The number of hydrogen-bond donors (Lipinski definition) is 1. The molecule has 0 radical (unpaired) electrons. The largest absolute Gasteiger partial charge is 0.463 e. The molecule has 160 valence electrons. The molecule has 1 heterocycles. The van der Waals surface area contributed by atoms with Gasteiger partial charge in [0.25, 0.3) is 0 Å². The topological polar surface area (TPSA) is 94.6 Å². The van der Waals surface area contributed by atoms with Gasteiger partial charge in [-0.15, -0.1) is 0 Å². The second-order valence-electron chi connectivity index (χ2n) is 7.83. The number of esters is 1. The van der Waals surface area contributed by atoms with E-state index in [9.17, 15) is 10.1 Å². The zero-order chi connectivity index (χ0) is 21.5. The molecule has 1 fully saturated rings. The molecule has 3 rings (SSSR count). The predicted octanol–water partition coefficient (Wildman–Crippen LogP) is 4.43. The number of carbonyl (C=O) groups excluding carboxylic acids is 1. The fraction of sp³-hybridized carbons (Fsp3) is 0.500. The Kier molecular flexibility index (Phi) is 7.53. The summed E-state index contributed by atoms with van der Waals surface area (Å²) < 4.78 is 16.8. The van der Waals surface area contributed by atoms with Crippen molar-refractivity contribution in [2.75, 3.05) is 13.2 Å². The van der Waals surface area contributed by atoms with Crippen molar-refractivity contribution in [1.82, 2.24) is 0 Å². The molecule has 1 aromatic rings. The SMILES string of the molecule is CCOC(=O)C1=C(C)OC(N)=C(C#N)C1c1ccccc1COCC1CCCCC1. The number of rotatable bonds is 7. The number of hydrogen-bond acceptors (Lipinski definition) is 6. The van der Waals surface area contributed by atoms with E-state index in [0.29, 0.717) is 23.9 Å². The van der Waals surface area contributed by atoms with Crippen molar-refractivity contribution in [2.45, 2.75) is 58.5 Å². The first-order valence-electron chi connectivity index (χ1n) is 10.7. The number of allylic oxidation sites excluding steroid dienone is 2. The van der Waals surface area contributed by atoms with E-state index in [1.807, 2.05) is 24.3 Å². The number of carbonyl (C=O) groups is 1. The zero-order valence-electron chi connectivity index (χ0n) is 17.8. The minimum Gasteiger partial charge on any atom is -0.463 e. The number of nitriles is 1. The molecule has 6 heteroatoms. The summed E-state index contributed by atoms with van der Waals surface area (Å²) in [5.74, 6) is -0.161. The van der Waals surface area contributed by atoms with Gasteiger partial charge in [-0.05, 0) is 43.7 Å². The Bertz CT molecular complexity index is 875. The molecule has 0 aromatic heterocycles. The van der Waals surface area contributed by atoms with E-state index in [-0.39, 0.29) is 18.1 Å². The predicted molar refractivity (Wildman–Crippen MR) is 113 cm³/mol. The van der Waals surface area contributed by atoms with Crippen LogP contribution in [0.4, 0.5) is 0 Å². The Morgan fingerprint density at radius 2 is 2.00 bits per heavy atom. The highest BCUT2D eigenvalue weighted by Gasteiger charge is 2.37. The van der Waals surface area contributed by atoms with E-state index in [2.05, 4.69) is 6.07 Å². The highest BCUT2D eigenvalue weighted by Crippen LogP contribution is 2.41. The van der Waals surface area contributed by atoms with Crippen LogP contribution in [0, 0.1) is 17.2 Å². The van der Waals surface area contributed by atoms with E-state index in [1.54, 1.807) is 13.8 Å². The Labute approximate surface area is 178 Å². The normalized spacial score (nSPS) is 20.0. The Hall–Kier alpha value is -2.78.